The Bertz CT molecular complexity index is 342. The lowest BCUT2D eigenvalue weighted by atomic mass is 10.2. The number of rotatable bonds is 5. The van der Waals surface area contributed by atoms with Crippen molar-refractivity contribution in [2.24, 2.45) is 0 Å². The minimum atomic E-state index is 0.654. The Hall–Kier alpha value is -1.13. The van der Waals surface area contributed by atoms with Crippen LogP contribution in [0.5, 0.6) is 0 Å². The molecule has 0 amide bonds. The molecular formula is C12H18N2OS. The molecule has 0 saturated carbocycles. The third-order valence-corrected chi connectivity index (χ3v) is 2.33. The molecule has 88 valence electrons. The molecule has 3 nitrogen and oxygen atoms in total. The highest BCUT2D eigenvalue weighted by molar-refractivity contribution is 7.80. The molecule has 1 rings (SSSR count). The van der Waals surface area contributed by atoms with Gasteiger partial charge in [-0.15, -0.1) is 0 Å². The summed E-state index contributed by atoms with van der Waals surface area (Å²) in [6.45, 7) is 3.63. The van der Waals surface area contributed by atoms with E-state index in [-0.39, 0.29) is 0 Å². The minimum absolute atomic E-state index is 0.654. The molecule has 1 aromatic carbocycles. The summed E-state index contributed by atoms with van der Waals surface area (Å²) in [5.74, 6) is 0. The first-order valence-electron chi connectivity index (χ1n) is 5.33. The van der Waals surface area contributed by atoms with Gasteiger partial charge in [-0.05, 0) is 43.3 Å². The Morgan fingerprint density at radius 2 is 2.25 bits per heavy atom. The first-order valence-corrected chi connectivity index (χ1v) is 5.73. The van der Waals surface area contributed by atoms with Crippen LogP contribution in [-0.4, -0.2) is 25.4 Å². The monoisotopic (exact) mass is 238 g/mol. The number of methoxy groups -OCH3 is 1. The molecule has 0 aliphatic heterocycles. The summed E-state index contributed by atoms with van der Waals surface area (Å²) in [7, 11) is 1.70. The van der Waals surface area contributed by atoms with Gasteiger partial charge in [0.15, 0.2) is 5.11 Å². The zero-order valence-electron chi connectivity index (χ0n) is 9.75. The average Bonchev–Trinajstić information content (AvgIpc) is 2.24. The number of ether oxygens (including phenoxy) is 1. The molecule has 0 atom stereocenters. The van der Waals surface area contributed by atoms with Crippen LogP contribution in [0.4, 0.5) is 5.69 Å². The van der Waals surface area contributed by atoms with Crippen molar-refractivity contribution < 1.29 is 4.74 Å². The number of hydrogen-bond acceptors (Lipinski definition) is 2. The molecule has 0 radical (unpaired) electrons. The summed E-state index contributed by atoms with van der Waals surface area (Å²) in [6.07, 6.45) is 0.951. The van der Waals surface area contributed by atoms with E-state index in [4.69, 9.17) is 17.0 Å². The fourth-order valence-electron chi connectivity index (χ4n) is 1.32. The average molecular weight is 238 g/mol. The lowest BCUT2D eigenvalue weighted by Crippen LogP contribution is -2.29. The molecule has 4 heteroatoms. The van der Waals surface area contributed by atoms with E-state index in [1.807, 2.05) is 12.1 Å². The highest BCUT2D eigenvalue weighted by Gasteiger charge is 1.96. The highest BCUT2D eigenvalue weighted by Crippen LogP contribution is 2.08. The van der Waals surface area contributed by atoms with E-state index in [9.17, 15) is 0 Å². The zero-order valence-corrected chi connectivity index (χ0v) is 10.6. The normalized spacial score (nSPS) is 9.88. The van der Waals surface area contributed by atoms with E-state index >= 15 is 0 Å². The van der Waals surface area contributed by atoms with Crippen molar-refractivity contribution in [3.05, 3.63) is 29.8 Å². The Morgan fingerprint density at radius 3 is 2.94 bits per heavy atom. The molecule has 0 bridgehead atoms. The fraction of sp³-hybridized carbons (Fsp3) is 0.417. The van der Waals surface area contributed by atoms with Crippen LogP contribution in [0.2, 0.25) is 0 Å². The van der Waals surface area contributed by atoms with Gasteiger partial charge in [0.05, 0.1) is 0 Å². The summed E-state index contributed by atoms with van der Waals surface area (Å²) in [5.41, 5.74) is 2.23. The lowest BCUT2D eigenvalue weighted by molar-refractivity contribution is 0.196. The van der Waals surface area contributed by atoms with E-state index in [0.29, 0.717) is 5.11 Å². The van der Waals surface area contributed by atoms with Crippen molar-refractivity contribution >= 4 is 23.0 Å². The van der Waals surface area contributed by atoms with Crippen molar-refractivity contribution in [3.8, 4) is 0 Å². The van der Waals surface area contributed by atoms with Gasteiger partial charge in [-0.1, -0.05) is 12.1 Å². The fourth-order valence-corrected chi connectivity index (χ4v) is 1.54. The number of hydrogen-bond donors (Lipinski definition) is 2. The molecule has 0 heterocycles. The molecule has 0 saturated heterocycles. The Balaban J connectivity index is 2.29. The van der Waals surface area contributed by atoms with Crippen LogP contribution in [0, 0.1) is 6.92 Å². The first kappa shape index (κ1) is 12.9. The molecule has 2 N–H and O–H groups in total. The van der Waals surface area contributed by atoms with E-state index in [0.717, 1.165) is 25.3 Å². The van der Waals surface area contributed by atoms with Gasteiger partial charge in [-0.2, -0.15) is 0 Å². The number of aryl methyl sites for hydroxylation is 1. The van der Waals surface area contributed by atoms with Gasteiger partial charge in [-0.25, -0.2) is 0 Å². The number of nitrogens with one attached hydrogen (secondary N) is 2. The van der Waals surface area contributed by atoms with E-state index in [1.165, 1.54) is 5.56 Å². The standard InChI is InChI=1S/C12H18N2OS/c1-10-5-3-6-11(9-10)14-12(16)13-7-4-8-15-2/h3,5-6,9H,4,7-8H2,1-2H3,(H2,13,14,16). The van der Waals surface area contributed by atoms with Gasteiger partial charge >= 0.3 is 0 Å². The topological polar surface area (TPSA) is 33.3 Å². The number of anilines is 1. The number of thiocarbonyl (C=S) groups is 1. The molecule has 16 heavy (non-hydrogen) atoms. The molecule has 0 spiro atoms. The molecule has 0 fully saturated rings. The largest absolute Gasteiger partial charge is 0.385 e. The SMILES string of the molecule is COCCCNC(=S)Nc1cccc(C)c1. The van der Waals surface area contributed by atoms with Crippen molar-refractivity contribution in [2.45, 2.75) is 13.3 Å². The zero-order chi connectivity index (χ0) is 11.8. The Labute approximate surface area is 102 Å². The highest BCUT2D eigenvalue weighted by atomic mass is 32.1. The van der Waals surface area contributed by atoms with E-state index in [1.54, 1.807) is 7.11 Å². The van der Waals surface area contributed by atoms with Gasteiger partial charge in [0.25, 0.3) is 0 Å². The van der Waals surface area contributed by atoms with E-state index in [2.05, 4.69) is 29.7 Å². The van der Waals surface area contributed by atoms with Crippen molar-refractivity contribution in [2.75, 3.05) is 25.6 Å². The van der Waals surface area contributed by atoms with Crippen LogP contribution in [0.3, 0.4) is 0 Å². The van der Waals surface area contributed by atoms with Crippen molar-refractivity contribution in [1.82, 2.24) is 5.32 Å². The third-order valence-electron chi connectivity index (χ3n) is 2.09. The number of benzene rings is 1. The van der Waals surface area contributed by atoms with Crippen LogP contribution in [0.25, 0.3) is 0 Å². The predicted molar refractivity (Wildman–Crippen MR) is 71.9 cm³/mol. The quantitative estimate of drug-likeness (QED) is 0.609. The summed E-state index contributed by atoms with van der Waals surface area (Å²) in [4.78, 5) is 0. The van der Waals surface area contributed by atoms with Crippen LogP contribution >= 0.6 is 12.2 Å². The first-order chi connectivity index (χ1) is 7.72. The molecule has 0 aliphatic carbocycles. The van der Waals surface area contributed by atoms with Gasteiger partial charge in [0.2, 0.25) is 0 Å². The van der Waals surface area contributed by atoms with E-state index < -0.39 is 0 Å². The Kier molecular flexibility index (Phi) is 5.82. The second kappa shape index (κ2) is 7.19. The maximum absolute atomic E-state index is 5.17. The second-order valence-corrected chi connectivity index (χ2v) is 4.00. The van der Waals surface area contributed by atoms with Crippen LogP contribution in [-0.2, 0) is 4.74 Å². The third kappa shape index (κ3) is 5.09. The molecule has 0 aliphatic rings. The van der Waals surface area contributed by atoms with Gasteiger partial charge in [0, 0.05) is 25.9 Å². The smallest absolute Gasteiger partial charge is 0.170 e. The van der Waals surface area contributed by atoms with Gasteiger partial charge < -0.3 is 15.4 Å². The molecule has 1 aromatic rings. The predicted octanol–water partition coefficient (Wildman–Crippen LogP) is 2.32. The Morgan fingerprint density at radius 1 is 1.44 bits per heavy atom. The molecule has 0 unspecified atom stereocenters. The van der Waals surface area contributed by atoms with Crippen molar-refractivity contribution in [1.29, 1.82) is 0 Å². The van der Waals surface area contributed by atoms with Gasteiger partial charge in [-0.3, -0.25) is 0 Å². The van der Waals surface area contributed by atoms with Gasteiger partial charge in [0.1, 0.15) is 0 Å². The van der Waals surface area contributed by atoms with Crippen LogP contribution in [0.1, 0.15) is 12.0 Å². The summed E-state index contributed by atoms with van der Waals surface area (Å²) in [6, 6.07) is 8.12. The molecule has 0 aromatic heterocycles. The second-order valence-electron chi connectivity index (χ2n) is 3.60. The minimum Gasteiger partial charge on any atom is -0.385 e. The summed E-state index contributed by atoms with van der Waals surface area (Å²) < 4.78 is 4.95. The maximum atomic E-state index is 5.17. The molecular weight excluding hydrogens is 220 g/mol. The summed E-state index contributed by atoms with van der Waals surface area (Å²) >= 11 is 5.17. The van der Waals surface area contributed by atoms with Crippen LogP contribution < -0.4 is 10.6 Å². The lowest BCUT2D eigenvalue weighted by Gasteiger charge is -2.10. The maximum Gasteiger partial charge on any atom is 0.170 e. The van der Waals surface area contributed by atoms with Crippen molar-refractivity contribution in [3.63, 3.8) is 0 Å². The summed E-state index contributed by atoms with van der Waals surface area (Å²) in [5, 5.41) is 6.92. The van der Waals surface area contributed by atoms with Crippen LogP contribution in [0.15, 0.2) is 24.3 Å².